The number of nitrogens with one attached hydrogen (secondary N) is 3. The molecule has 4 unspecified atom stereocenters. The number of nitrogens with two attached hydrogens (primary N) is 1. The number of amides is 3. The van der Waals surface area contributed by atoms with Crippen LogP contribution in [0.1, 0.15) is 26.3 Å². The summed E-state index contributed by atoms with van der Waals surface area (Å²) in [5, 5.41) is 25.7. The summed E-state index contributed by atoms with van der Waals surface area (Å²) in [5.74, 6) is -3.67. The number of aliphatic hydroxyl groups excluding tert-OH is 1. The molecule has 0 aliphatic carbocycles. The Bertz CT molecular complexity index is 740. The number of carboxylic acid groups (broad SMARTS) is 1. The van der Waals surface area contributed by atoms with E-state index in [1.807, 2.05) is 30.3 Å². The summed E-state index contributed by atoms with van der Waals surface area (Å²) in [6.45, 7) is 3.94. The lowest BCUT2D eigenvalue weighted by Crippen LogP contribution is -2.57. The molecule has 10 nitrogen and oxygen atoms in total. The number of hydrogen-bond acceptors (Lipinski definition) is 6. The van der Waals surface area contributed by atoms with Gasteiger partial charge in [-0.1, -0.05) is 44.2 Å². The Balaban J connectivity index is 2.63. The summed E-state index contributed by atoms with van der Waals surface area (Å²) in [6, 6.07) is 4.64. The van der Waals surface area contributed by atoms with E-state index in [-0.39, 0.29) is 12.3 Å². The number of carbonyl (C=O) groups is 4. The average molecular weight is 422 g/mol. The molecule has 0 heterocycles. The van der Waals surface area contributed by atoms with Crippen molar-refractivity contribution in [2.75, 3.05) is 6.61 Å². The highest BCUT2D eigenvalue weighted by Gasteiger charge is 2.29. The minimum Gasteiger partial charge on any atom is -0.480 e. The van der Waals surface area contributed by atoms with Gasteiger partial charge in [-0.25, -0.2) is 4.79 Å². The SMILES string of the molecule is CC(NC(=O)C(CO)NC(=O)C(N)Cc1ccccc1)C(=O)NC(C(=O)O)C(C)C. The zero-order chi connectivity index (χ0) is 22.8. The number of aliphatic hydroxyl groups is 1. The molecule has 0 saturated carbocycles. The number of rotatable bonds is 11. The van der Waals surface area contributed by atoms with Gasteiger partial charge in [0, 0.05) is 0 Å². The van der Waals surface area contributed by atoms with Gasteiger partial charge in [0.2, 0.25) is 17.7 Å². The van der Waals surface area contributed by atoms with Crippen LogP contribution in [-0.4, -0.2) is 64.7 Å². The number of aliphatic carboxylic acids is 1. The van der Waals surface area contributed by atoms with Crippen molar-refractivity contribution >= 4 is 23.7 Å². The first kappa shape index (κ1) is 25.1. The van der Waals surface area contributed by atoms with Crippen molar-refractivity contribution in [2.45, 2.75) is 51.4 Å². The van der Waals surface area contributed by atoms with Crippen molar-refractivity contribution in [2.24, 2.45) is 11.7 Å². The van der Waals surface area contributed by atoms with Crippen LogP contribution in [-0.2, 0) is 25.6 Å². The highest BCUT2D eigenvalue weighted by molar-refractivity contribution is 5.94. The maximum absolute atomic E-state index is 12.3. The molecule has 166 valence electrons. The fourth-order valence-corrected chi connectivity index (χ4v) is 2.60. The van der Waals surface area contributed by atoms with Crippen molar-refractivity contribution in [3.05, 3.63) is 35.9 Å². The van der Waals surface area contributed by atoms with Crippen molar-refractivity contribution in [3.63, 3.8) is 0 Å². The van der Waals surface area contributed by atoms with Gasteiger partial charge < -0.3 is 31.9 Å². The van der Waals surface area contributed by atoms with E-state index < -0.39 is 54.5 Å². The molecular formula is C20H30N4O6. The summed E-state index contributed by atoms with van der Waals surface area (Å²) in [6.07, 6.45) is 0.247. The molecule has 0 aliphatic heterocycles. The van der Waals surface area contributed by atoms with Crippen LogP contribution in [0.15, 0.2) is 30.3 Å². The second kappa shape index (κ2) is 11.9. The van der Waals surface area contributed by atoms with Crippen LogP contribution in [0.4, 0.5) is 0 Å². The molecule has 0 saturated heterocycles. The Morgan fingerprint density at radius 2 is 1.53 bits per heavy atom. The minimum atomic E-state index is -1.31. The molecule has 1 aromatic carbocycles. The monoisotopic (exact) mass is 422 g/mol. The number of hydrogen-bond donors (Lipinski definition) is 6. The molecule has 0 radical (unpaired) electrons. The Kier molecular flexibility index (Phi) is 9.93. The van der Waals surface area contributed by atoms with Crippen molar-refractivity contribution < 1.29 is 29.4 Å². The van der Waals surface area contributed by atoms with Crippen molar-refractivity contribution in [1.82, 2.24) is 16.0 Å². The largest absolute Gasteiger partial charge is 0.480 e. The van der Waals surface area contributed by atoms with Gasteiger partial charge in [-0.15, -0.1) is 0 Å². The second-order valence-corrected chi connectivity index (χ2v) is 7.34. The van der Waals surface area contributed by atoms with Crippen LogP contribution in [0.25, 0.3) is 0 Å². The Hall–Kier alpha value is -2.98. The highest BCUT2D eigenvalue weighted by Crippen LogP contribution is 2.03. The Morgan fingerprint density at radius 3 is 2.03 bits per heavy atom. The summed E-state index contributed by atoms with van der Waals surface area (Å²) >= 11 is 0. The quantitative estimate of drug-likeness (QED) is 0.259. The molecule has 1 aromatic rings. The first-order valence-electron chi connectivity index (χ1n) is 9.61. The third-order valence-electron chi connectivity index (χ3n) is 4.43. The number of carboxylic acids is 1. The van der Waals surface area contributed by atoms with E-state index in [0.717, 1.165) is 5.56 Å². The van der Waals surface area contributed by atoms with Crippen LogP contribution < -0.4 is 21.7 Å². The minimum absolute atomic E-state index is 0.247. The maximum Gasteiger partial charge on any atom is 0.326 e. The van der Waals surface area contributed by atoms with Gasteiger partial charge in [-0.3, -0.25) is 14.4 Å². The Morgan fingerprint density at radius 1 is 0.933 bits per heavy atom. The molecule has 0 fully saturated rings. The van der Waals surface area contributed by atoms with Crippen LogP contribution in [0.3, 0.4) is 0 Å². The van der Waals surface area contributed by atoms with E-state index in [0.29, 0.717) is 0 Å². The van der Waals surface area contributed by atoms with E-state index in [1.54, 1.807) is 13.8 Å². The van der Waals surface area contributed by atoms with Crippen molar-refractivity contribution in [1.29, 1.82) is 0 Å². The average Bonchev–Trinajstić information content (AvgIpc) is 2.69. The number of carbonyl (C=O) groups excluding carboxylic acids is 3. The molecule has 7 N–H and O–H groups in total. The van der Waals surface area contributed by atoms with Crippen LogP contribution in [0.5, 0.6) is 0 Å². The predicted molar refractivity (Wildman–Crippen MR) is 109 cm³/mol. The molecule has 0 aliphatic rings. The Labute approximate surface area is 175 Å². The van der Waals surface area contributed by atoms with Crippen molar-refractivity contribution in [3.8, 4) is 0 Å². The van der Waals surface area contributed by atoms with Gasteiger partial charge in [0.15, 0.2) is 0 Å². The molecule has 3 amide bonds. The molecule has 1 rings (SSSR count). The zero-order valence-electron chi connectivity index (χ0n) is 17.3. The van der Waals surface area contributed by atoms with Crippen LogP contribution in [0.2, 0.25) is 0 Å². The molecule has 0 bridgehead atoms. The molecule has 0 spiro atoms. The zero-order valence-corrected chi connectivity index (χ0v) is 17.3. The fraction of sp³-hybridized carbons (Fsp3) is 0.500. The normalized spacial score (nSPS) is 14.9. The lowest BCUT2D eigenvalue weighted by molar-refractivity contribution is -0.143. The van der Waals surface area contributed by atoms with E-state index in [9.17, 15) is 24.3 Å². The van der Waals surface area contributed by atoms with E-state index >= 15 is 0 Å². The second-order valence-electron chi connectivity index (χ2n) is 7.34. The lowest BCUT2D eigenvalue weighted by Gasteiger charge is -2.23. The van der Waals surface area contributed by atoms with Crippen LogP contribution >= 0.6 is 0 Å². The topological polar surface area (TPSA) is 171 Å². The van der Waals surface area contributed by atoms with Gasteiger partial charge in [0.1, 0.15) is 18.1 Å². The van der Waals surface area contributed by atoms with Gasteiger partial charge in [0.25, 0.3) is 0 Å². The summed E-state index contributed by atoms with van der Waals surface area (Å²) in [5.41, 5.74) is 6.71. The van der Waals surface area contributed by atoms with Gasteiger partial charge in [-0.05, 0) is 24.8 Å². The smallest absolute Gasteiger partial charge is 0.326 e. The summed E-state index contributed by atoms with van der Waals surface area (Å²) < 4.78 is 0. The summed E-state index contributed by atoms with van der Waals surface area (Å²) in [7, 11) is 0. The molecule has 30 heavy (non-hydrogen) atoms. The fourth-order valence-electron chi connectivity index (χ4n) is 2.60. The molecule has 0 aromatic heterocycles. The van der Waals surface area contributed by atoms with Gasteiger partial charge in [-0.2, -0.15) is 0 Å². The van der Waals surface area contributed by atoms with Gasteiger partial charge >= 0.3 is 5.97 Å². The standard InChI is InChI=1S/C20H30N4O6/c1-11(2)16(20(29)30)24-17(26)12(3)22-19(28)15(10-25)23-18(27)14(21)9-13-7-5-4-6-8-13/h4-8,11-12,14-16,25H,9-10,21H2,1-3H3,(H,22,28)(H,23,27)(H,24,26)(H,29,30). The number of benzene rings is 1. The third-order valence-corrected chi connectivity index (χ3v) is 4.43. The van der Waals surface area contributed by atoms with Crippen LogP contribution in [0, 0.1) is 5.92 Å². The van der Waals surface area contributed by atoms with E-state index in [4.69, 9.17) is 10.8 Å². The third kappa shape index (κ3) is 7.80. The van der Waals surface area contributed by atoms with Gasteiger partial charge in [0.05, 0.1) is 12.6 Å². The highest BCUT2D eigenvalue weighted by atomic mass is 16.4. The van der Waals surface area contributed by atoms with E-state index in [1.165, 1.54) is 6.92 Å². The maximum atomic E-state index is 12.3. The summed E-state index contributed by atoms with van der Waals surface area (Å²) in [4.78, 5) is 48.0. The molecule has 10 heteroatoms. The lowest BCUT2D eigenvalue weighted by atomic mass is 10.0. The molecular weight excluding hydrogens is 392 g/mol. The van der Waals surface area contributed by atoms with E-state index in [2.05, 4.69) is 16.0 Å². The predicted octanol–water partition coefficient (Wildman–Crippen LogP) is -1.24. The first-order chi connectivity index (χ1) is 14.1. The first-order valence-corrected chi connectivity index (χ1v) is 9.61. The molecule has 4 atom stereocenters.